The average Bonchev–Trinajstić information content (AvgIpc) is 2.74. The van der Waals surface area contributed by atoms with E-state index in [-0.39, 0.29) is 6.04 Å². The number of aliphatic imine (C=N–C) groups is 2. The summed E-state index contributed by atoms with van der Waals surface area (Å²) in [5, 5.41) is 0. The van der Waals surface area contributed by atoms with Crippen molar-refractivity contribution in [3.63, 3.8) is 0 Å². The maximum Gasteiger partial charge on any atom is 0.138 e. The van der Waals surface area contributed by atoms with Crippen LogP contribution in [0.25, 0.3) is 0 Å². The molecule has 4 nitrogen and oxygen atoms in total. The third-order valence-corrected chi connectivity index (χ3v) is 3.48. The molecule has 3 aliphatic rings. The largest absolute Gasteiger partial charge is 0.304 e. The van der Waals surface area contributed by atoms with E-state index in [1.165, 1.54) is 0 Å². The monoisotopic (exact) mass is 230 g/mol. The first-order valence-corrected chi connectivity index (χ1v) is 6.22. The van der Waals surface area contributed by atoms with Crippen LogP contribution in [0.5, 0.6) is 0 Å². The number of allylic oxidation sites excluding steroid dienone is 2. The third-order valence-electron chi connectivity index (χ3n) is 3.48. The van der Waals surface area contributed by atoms with Crippen molar-refractivity contribution in [2.24, 2.45) is 9.98 Å². The fourth-order valence-corrected chi connectivity index (χ4v) is 2.35. The van der Waals surface area contributed by atoms with Crippen LogP contribution in [-0.4, -0.2) is 67.2 Å². The highest BCUT2D eigenvalue weighted by atomic mass is 15.3. The predicted molar refractivity (Wildman–Crippen MR) is 70.9 cm³/mol. The van der Waals surface area contributed by atoms with E-state index in [1.807, 2.05) is 12.2 Å². The van der Waals surface area contributed by atoms with Crippen molar-refractivity contribution in [3.8, 4) is 0 Å². The predicted octanol–water partition coefficient (Wildman–Crippen LogP) is 0.581. The third kappa shape index (κ3) is 2.37. The topological polar surface area (TPSA) is 31.2 Å². The molecule has 1 fully saturated rings. The summed E-state index contributed by atoms with van der Waals surface area (Å²) in [4.78, 5) is 14.0. The molecule has 1 saturated heterocycles. The second-order valence-electron chi connectivity index (χ2n) is 4.85. The molecule has 2 heterocycles. The zero-order valence-corrected chi connectivity index (χ0v) is 10.2. The van der Waals surface area contributed by atoms with E-state index in [2.05, 4.69) is 39.0 Å². The molecule has 0 bridgehead atoms. The van der Waals surface area contributed by atoms with Crippen LogP contribution in [-0.2, 0) is 0 Å². The first kappa shape index (κ1) is 10.9. The van der Waals surface area contributed by atoms with Gasteiger partial charge in [-0.3, -0.25) is 9.89 Å². The molecule has 0 radical (unpaired) electrons. The van der Waals surface area contributed by atoms with Gasteiger partial charge >= 0.3 is 0 Å². The molecule has 0 N–H and O–H groups in total. The van der Waals surface area contributed by atoms with Crippen LogP contribution in [0.15, 0.2) is 34.3 Å². The van der Waals surface area contributed by atoms with E-state index in [9.17, 15) is 0 Å². The first-order valence-electron chi connectivity index (χ1n) is 6.22. The van der Waals surface area contributed by atoms with E-state index in [4.69, 9.17) is 0 Å². The van der Waals surface area contributed by atoms with Gasteiger partial charge in [-0.25, -0.2) is 4.99 Å². The number of piperazine rings is 1. The van der Waals surface area contributed by atoms with Crippen LogP contribution in [0.4, 0.5) is 0 Å². The van der Waals surface area contributed by atoms with Gasteiger partial charge in [-0.1, -0.05) is 18.2 Å². The molecule has 17 heavy (non-hydrogen) atoms. The molecule has 0 spiro atoms. The molecule has 2 aliphatic heterocycles. The van der Waals surface area contributed by atoms with E-state index in [0.717, 1.165) is 44.3 Å². The zero-order valence-electron chi connectivity index (χ0n) is 10.2. The molecule has 0 aromatic rings. The van der Waals surface area contributed by atoms with Crippen LogP contribution < -0.4 is 0 Å². The van der Waals surface area contributed by atoms with Gasteiger partial charge in [0.2, 0.25) is 0 Å². The fraction of sp³-hybridized carbons (Fsp3) is 0.538. The summed E-state index contributed by atoms with van der Waals surface area (Å²) in [5.41, 5.74) is 1.09. The number of fused-ring (bicyclic) bond motifs is 1. The number of nitrogens with zero attached hydrogens (tertiary/aromatic N) is 4. The second-order valence-corrected chi connectivity index (χ2v) is 4.85. The Labute approximate surface area is 102 Å². The number of rotatable bonds is 2. The van der Waals surface area contributed by atoms with Crippen LogP contribution in [0.3, 0.4) is 0 Å². The van der Waals surface area contributed by atoms with Gasteiger partial charge < -0.3 is 4.90 Å². The van der Waals surface area contributed by atoms with E-state index < -0.39 is 0 Å². The van der Waals surface area contributed by atoms with Gasteiger partial charge in [0.25, 0.3) is 0 Å². The quantitative estimate of drug-likeness (QED) is 0.695. The number of hydrogen-bond donors (Lipinski definition) is 0. The Hall–Kier alpha value is -1.26. The standard InChI is InChI=1S/C13H18N4/c1-16-6-8-17(9-7-16)10-13-14-11-4-2-3-5-12(11)15-13/h2-5,11H,6-10H2,1H3. The molecule has 90 valence electrons. The molecule has 0 saturated carbocycles. The van der Waals surface area contributed by atoms with Gasteiger partial charge in [-0.05, 0) is 13.1 Å². The lowest BCUT2D eigenvalue weighted by Gasteiger charge is -2.31. The lowest BCUT2D eigenvalue weighted by molar-refractivity contribution is 0.170. The average molecular weight is 230 g/mol. The molecular formula is C13H18N4. The van der Waals surface area contributed by atoms with Gasteiger partial charge in [0.15, 0.2) is 0 Å². The normalized spacial score (nSPS) is 29.1. The molecule has 0 aromatic heterocycles. The molecule has 1 atom stereocenters. The molecule has 1 aliphatic carbocycles. The molecule has 3 rings (SSSR count). The number of likely N-dealkylation sites (N-methyl/N-ethyl adjacent to an activating group) is 1. The summed E-state index contributed by atoms with van der Waals surface area (Å²) in [6.07, 6.45) is 8.25. The highest BCUT2D eigenvalue weighted by molar-refractivity contribution is 6.13. The Morgan fingerprint density at radius 3 is 2.82 bits per heavy atom. The van der Waals surface area contributed by atoms with Crippen molar-refractivity contribution in [2.45, 2.75) is 6.04 Å². The summed E-state index contributed by atoms with van der Waals surface area (Å²) in [5.74, 6) is 0.991. The second kappa shape index (κ2) is 4.55. The Morgan fingerprint density at radius 1 is 1.24 bits per heavy atom. The number of hydrogen-bond acceptors (Lipinski definition) is 4. The Balaban J connectivity index is 1.62. The summed E-state index contributed by atoms with van der Waals surface area (Å²) < 4.78 is 0. The van der Waals surface area contributed by atoms with Gasteiger partial charge in [0, 0.05) is 26.2 Å². The Morgan fingerprint density at radius 2 is 2.06 bits per heavy atom. The molecule has 0 amide bonds. The van der Waals surface area contributed by atoms with Crippen LogP contribution in [0, 0.1) is 0 Å². The first-order chi connectivity index (χ1) is 8.31. The minimum absolute atomic E-state index is 0.183. The van der Waals surface area contributed by atoms with Crippen molar-refractivity contribution >= 4 is 11.5 Å². The smallest absolute Gasteiger partial charge is 0.138 e. The lowest BCUT2D eigenvalue weighted by atomic mass is 10.1. The fourth-order valence-electron chi connectivity index (χ4n) is 2.35. The van der Waals surface area contributed by atoms with E-state index in [1.54, 1.807) is 0 Å². The molecule has 4 heteroatoms. The van der Waals surface area contributed by atoms with Crippen molar-refractivity contribution < 1.29 is 0 Å². The molecule has 1 unspecified atom stereocenters. The van der Waals surface area contributed by atoms with Crippen molar-refractivity contribution in [2.75, 3.05) is 39.8 Å². The van der Waals surface area contributed by atoms with Crippen LogP contribution >= 0.6 is 0 Å². The minimum Gasteiger partial charge on any atom is -0.304 e. The van der Waals surface area contributed by atoms with Crippen molar-refractivity contribution in [3.05, 3.63) is 24.3 Å². The highest BCUT2D eigenvalue weighted by Crippen LogP contribution is 2.13. The van der Waals surface area contributed by atoms with Gasteiger partial charge in [0.1, 0.15) is 11.9 Å². The summed E-state index contributed by atoms with van der Waals surface area (Å²) in [6, 6.07) is 0.183. The zero-order chi connectivity index (χ0) is 11.7. The molecule has 0 aromatic carbocycles. The van der Waals surface area contributed by atoms with E-state index in [0.29, 0.717) is 0 Å². The minimum atomic E-state index is 0.183. The maximum absolute atomic E-state index is 4.64. The SMILES string of the molecule is CN1CCN(CC2=NC3C=CC=CC3=N2)CC1. The number of amidine groups is 1. The van der Waals surface area contributed by atoms with Crippen molar-refractivity contribution in [1.29, 1.82) is 0 Å². The maximum atomic E-state index is 4.64. The Bertz CT molecular complexity index is 411. The Kier molecular flexibility index (Phi) is 2.91. The summed E-state index contributed by atoms with van der Waals surface area (Å²) >= 11 is 0. The summed E-state index contributed by atoms with van der Waals surface area (Å²) in [6.45, 7) is 5.43. The summed E-state index contributed by atoms with van der Waals surface area (Å²) in [7, 11) is 2.18. The van der Waals surface area contributed by atoms with Gasteiger partial charge in [-0.15, -0.1) is 0 Å². The molecular weight excluding hydrogens is 212 g/mol. The lowest BCUT2D eigenvalue weighted by Crippen LogP contribution is -2.45. The highest BCUT2D eigenvalue weighted by Gasteiger charge is 2.22. The van der Waals surface area contributed by atoms with Crippen LogP contribution in [0.1, 0.15) is 0 Å². The van der Waals surface area contributed by atoms with Crippen molar-refractivity contribution in [1.82, 2.24) is 9.80 Å². The van der Waals surface area contributed by atoms with E-state index >= 15 is 0 Å². The van der Waals surface area contributed by atoms with Gasteiger partial charge in [-0.2, -0.15) is 0 Å². The van der Waals surface area contributed by atoms with Gasteiger partial charge in [0.05, 0.1) is 12.3 Å². The van der Waals surface area contributed by atoms with Crippen LogP contribution in [0.2, 0.25) is 0 Å².